The summed E-state index contributed by atoms with van der Waals surface area (Å²) < 4.78 is 15.5. The van der Waals surface area contributed by atoms with Gasteiger partial charge in [0.05, 0.1) is 26.5 Å². The van der Waals surface area contributed by atoms with Crippen LogP contribution >= 0.6 is 11.8 Å². The quantitative estimate of drug-likeness (QED) is 0.573. The van der Waals surface area contributed by atoms with Crippen molar-refractivity contribution in [1.29, 1.82) is 0 Å². The minimum absolute atomic E-state index is 0.244. The van der Waals surface area contributed by atoms with Crippen LogP contribution in [-0.2, 0) is 15.3 Å². The largest absolute Gasteiger partial charge is 0.497 e. The third kappa shape index (κ3) is 7.23. The van der Waals surface area contributed by atoms with Gasteiger partial charge in [0.15, 0.2) is 0 Å². The van der Waals surface area contributed by atoms with Crippen molar-refractivity contribution < 1.29 is 23.8 Å². The maximum atomic E-state index is 12.5. The van der Waals surface area contributed by atoms with Crippen LogP contribution in [0.4, 0.5) is 10.5 Å². The van der Waals surface area contributed by atoms with Gasteiger partial charge < -0.3 is 24.8 Å². The van der Waals surface area contributed by atoms with Gasteiger partial charge in [-0.25, -0.2) is 9.59 Å². The van der Waals surface area contributed by atoms with Gasteiger partial charge in [0, 0.05) is 17.6 Å². The number of thioether (sulfide) groups is 1. The number of amides is 2. The van der Waals surface area contributed by atoms with Crippen LogP contribution in [-0.4, -0.2) is 44.6 Å². The zero-order valence-electron chi connectivity index (χ0n) is 16.8. The highest BCUT2D eigenvalue weighted by molar-refractivity contribution is 7.98. The summed E-state index contributed by atoms with van der Waals surface area (Å²) >= 11 is 1.54. The summed E-state index contributed by atoms with van der Waals surface area (Å²) in [7, 11) is 3.05. The molecule has 0 saturated heterocycles. The number of benzene rings is 2. The predicted octanol–water partition coefficient (Wildman–Crippen LogP) is 3.69. The van der Waals surface area contributed by atoms with Crippen LogP contribution in [0.5, 0.6) is 11.5 Å². The van der Waals surface area contributed by atoms with E-state index in [0.717, 1.165) is 11.3 Å². The molecule has 29 heavy (non-hydrogen) atoms. The first kappa shape index (κ1) is 22.4. The molecule has 0 aliphatic rings. The summed E-state index contributed by atoms with van der Waals surface area (Å²) in [5.74, 6) is 1.71. The molecule has 8 heteroatoms. The van der Waals surface area contributed by atoms with Crippen LogP contribution in [0.15, 0.2) is 48.5 Å². The van der Waals surface area contributed by atoms with Crippen LogP contribution in [0.25, 0.3) is 0 Å². The molecule has 1 atom stereocenters. The predicted molar refractivity (Wildman–Crippen MR) is 115 cm³/mol. The first-order valence-corrected chi connectivity index (χ1v) is 10.3. The average molecular weight is 419 g/mol. The fraction of sp³-hybridized carbons (Fsp3) is 0.333. The highest BCUT2D eigenvalue weighted by atomic mass is 32.2. The molecule has 0 bridgehead atoms. The second kappa shape index (κ2) is 11.9. The topological polar surface area (TPSA) is 85.9 Å². The van der Waals surface area contributed by atoms with Crippen molar-refractivity contribution in [2.45, 2.75) is 18.7 Å². The number of methoxy groups -OCH3 is 2. The molecule has 0 aromatic heterocycles. The molecule has 0 aliphatic carbocycles. The number of carbonyl (C=O) groups is 2. The lowest BCUT2D eigenvalue weighted by atomic mass is 10.2. The Hall–Kier alpha value is -2.87. The van der Waals surface area contributed by atoms with Gasteiger partial charge in [-0.1, -0.05) is 30.3 Å². The van der Waals surface area contributed by atoms with Crippen molar-refractivity contribution in [3.05, 3.63) is 54.1 Å². The molecule has 0 spiro atoms. The van der Waals surface area contributed by atoms with Gasteiger partial charge in [-0.05, 0) is 24.6 Å². The first-order chi connectivity index (χ1) is 14.1. The molecule has 0 radical (unpaired) electrons. The Balaban J connectivity index is 1.98. The maximum absolute atomic E-state index is 12.5. The van der Waals surface area contributed by atoms with Gasteiger partial charge in [-0.3, -0.25) is 0 Å². The molecule has 0 fully saturated rings. The van der Waals surface area contributed by atoms with Crippen LogP contribution in [0, 0.1) is 0 Å². The molecule has 1 unspecified atom stereocenters. The van der Waals surface area contributed by atoms with Crippen LogP contribution in [0.1, 0.15) is 12.5 Å². The van der Waals surface area contributed by atoms with E-state index in [-0.39, 0.29) is 6.61 Å². The molecule has 2 rings (SSSR count). The Morgan fingerprint density at radius 2 is 1.83 bits per heavy atom. The summed E-state index contributed by atoms with van der Waals surface area (Å²) in [4.78, 5) is 24.7. The smallest absolute Gasteiger partial charge is 0.329 e. The zero-order chi connectivity index (χ0) is 21.1. The van der Waals surface area contributed by atoms with E-state index >= 15 is 0 Å². The van der Waals surface area contributed by atoms with Crippen LogP contribution in [0.3, 0.4) is 0 Å². The van der Waals surface area contributed by atoms with Gasteiger partial charge in [-0.15, -0.1) is 0 Å². The summed E-state index contributed by atoms with van der Waals surface area (Å²) in [5.41, 5.74) is 1.61. The lowest BCUT2D eigenvalue weighted by molar-refractivity contribution is -0.144. The Kier molecular flexibility index (Phi) is 9.17. The molecule has 2 aromatic rings. The molecule has 2 amide bonds. The van der Waals surface area contributed by atoms with E-state index in [2.05, 4.69) is 10.6 Å². The number of esters is 1. The molecule has 2 N–H and O–H groups in total. The number of rotatable bonds is 10. The lowest BCUT2D eigenvalue weighted by Gasteiger charge is -2.18. The normalized spacial score (nSPS) is 11.3. The van der Waals surface area contributed by atoms with E-state index < -0.39 is 18.0 Å². The Bertz CT molecular complexity index is 801. The van der Waals surface area contributed by atoms with Crippen molar-refractivity contribution in [2.24, 2.45) is 0 Å². The molecule has 2 aromatic carbocycles. The Morgan fingerprint density at radius 3 is 2.48 bits per heavy atom. The molecule has 7 nitrogen and oxygen atoms in total. The average Bonchev–Trinajstić information content (AvgIpc) is 2.74. The fourth-order valence-electron chi connectivity index (χ4n) is 2.50. The number of ether oxygens (including phenoxy) is 3. The van der Waals surface area contributed by atoms with Gasteiger partial charge in [0.1, 0.15) is 17.5 Å². The van der Waals surface area contributed by atoms with E-state index in [1.807, 2.05) is 30.3 Å². The zero-order valence-corrected chi connectivity index (χ0v) is 17.6. The molecule has 0 heterocycles. The van der Waals surface area contributed by atoms with E-state index in [0.29, 0.717) is 22.9 Å². The Labute approximate surface area is 175 Å². The second-order valence-electron chi connectivity index (χ2n) is 5.97. The molecular weight excluding hydrogens is 392 g/mol. The highest BCUT2D eigenvalue weighted by Gasteiger charge is 2.22. The first-order valence-electron chi connectivity index (χ1n) is 9.15. The van der Waals surface area contributed by atoms with Gasteiger partial charge in [0.25, 0.3) is 0 Å². The van der Waals surface area contributed by atoms with Crippen molar-refractivity contribution in [1.82, 2.24) is 5.32 Å². The number of anilines is 1. The van der Waals surface area contributed by atoms with Crippen molar-refractivity contribution >= 4 is 29.4 Å². The molecular formula is C21H26N2O5S. The summed E-state index contributed by atoms with van der Waals surface area (Å²) in [6.45, 7) is 1.97. The summed E-state index contributed by atoms with van der Waals surface area (Å²) in [6.07, 6.45) is 0. The summed E-state index contributed by atoms with van der Waals surface area (Å²) in [5, 5.41) is 5.38. The number of urea groups is 1. The van der Waals surface area contributed by atoms with Crippen LogP contribution < -0.4 is 20.1 Å². The number of hydrogen-bond acceptors (Lipinski definition) is 6. The van der Waals surface area contributed by atoms with E-state index in [1.54, 1.807) is 44.0 Å². The number of nitrogens with one attached hydrogen (secondary N) is 2. The second-order valence-corrected chi connectivity index (χ2v) is 7.00. The lowest BCUT2D eigenvalue weighted by Crippen LogP contribution is -2.45. The molecule has 0 saturated carbocycles. The minimum Gasteiger partial charge on any atom is -0.497 e. The van der Waals surface area contributed by atoms with Crippen LogP contribution in [0.2, 0.25) is 0 Å². The standard InChI is InChI=1S/C21H26N2O5S/c1-4-28-20(24)18(14-29-13-15-8-6-5-7-9-15)23-21(25)22-17-11-10-16(26-2)12-19(17)27-3/h5-12,18H,4,13-14H2,1-3H3,(H2,22,23,25). The number of hydrogen-bond donors (Lipinski definition) is 2. The van der Waals surface area contributed by atoms with Crippen molar-refractivity contribution in [3.8, 4) is 11.5 Å². The molecule has 0 aliphatic heterocycles. The minimum atomic E-state index is -0.770. The maximum Gasteiger partial charge on any atom is 0.329 e. The van der Waals surface area contributed by atoms with Gasteiger partial charge in [0.2, 0.25) is 0 Å². The molecule has 156 valence electrons. The number of carbonyl (C=O) groups excluding carboxylic acids is 2. The third-order valence-electron chi connectivity index (χ3n) is 3.93. The fourth-order valence-corrected chi connectivity index (χ4v) is 3.50. The van der Waals surface area contributed by atoms with E-state index in [9.17, 15) is 9.59 Å². The van der Waals surface area contributed by atoms with Crippen molar-refractivity contribution in [2.75, 3.05) is 31.9 Å². The highest BCUT2D eigenvalue weighted by Crippen LogP contribution is 2.28. The third-order valence-corrected chi connectivity index (χ3v) is 5.04. The SMILES string of the molecule is CCOC(=O)C(CSCc1ccccc1)NC(=O)Nc1ccc(OC)cc1OC. The van der Waals surface area contributed by atoms with E-state index in [1.165, 1.54) is 7.11 Å². The van der Waals surface area contributed by atoms with Gasteiger partial charge in [-0.2, -0.15) is 11.8 Å². The van der Waals surface area contributed by atoms with E-state index in [4.69, 9.17) is 14.2 Å². The monoisotopic (exact) mass is 418 g/mol. The summed E-state index contributed by atoms with van der Waals surface area (Å²) in [6, 6.07) is 13.7. The Morgan fingerprint density at radius 1 is 1.07 bits per heavy atom. The van der Waals surface area contributed by atoms with Crippen molar-refractivity contribution in [3.63, 3.8) is 0 Å². The van der Waals surface area contributed by atoms with Gasteiger partial charge >= 0.3 is 12.0 Å².